The van der Waals surface area contributed by atoms with Crippen LogP contribution in [-0.4, -0.2) is 14.4 Å². The van der Waals surface area contributed by atoms with Crippen molar-refractivity contribution in [2.24, 2.45) is 23.2 Å². The van der Waals surface area contributed by atoms with Crippen molar-refractivity contribution in [3.8, 4) is 6.07 Å². The zero-order valence-electron chi connectivity index (χ0n) is 16.7. The van der Waals surface area contributed by atoms with Crippen molar-refractivity contribution >= 4 is 8.32 Å². The van der Waals surface area contributed by atoms with Crippen molar-refractivity contribution in [2.75, 3.05) is 0 Å². The maximum atomic E-state index is 8.94. The van der Waals surface area contributed by atoms with Gasteiger partial charge in [-0.15, -0.1) is 0 Å². The first-order valence-corrected chi connectivity index (χ1v) is 13.0. The van der Waals surface area contributed by atoms with E-state index in [4.69, 9.17) is 9.69 Å². The van der Waals surface area contributed by atoms with Crippen LogP contribution in [0.25, 0.3) is 0 Å². The predicted octanol–water partition coefficient (Wildman–Crippen LogP) is 6.53. The molecular weight excluding hydrogens is 310 g/mol. The van der Waals surface area contributed by atoms with Gasteiger partial charge in [0.25, 0.3) is 0 Å². The standard InChI is InChI=1S/C21H39NOSi/c1-6-24(7-2,8-3)23-20-12-9-15-21(5)18(13-14-19(20)21)17(4)11-10-16-22/h17-20H,6-15H2,1-5H3/t17-,18-,19+,20+,21-/m1/s1. The molecule has 24 heavy (non-hydrogen) atoms. The minimum atomic E-state index is -1.51. The second kappa shape index (κ2) is 8.36. The Morgan fingerprint density at radius 2 is 1.83 bits per heavy atom. The Balaban J connectivity index is 2.13. The molecule has 0 heterocycles. The average molecular weight is 350 g/mol. The third-order valence-corrected chi connectivity index (χ3v) is 12.5. The first kappa shape index (κ1) is 20.0. The number of nitrogens with zero attached hydrogens (tertiary/aromatic N) is 1. The Labute approximate surface area is 151 Å². The molecule has 0 spiro atoms. The van der Waals surface area contributed by atoms with E-state index in [9.17, 15) is 0 Å². The summed E-state index contributed by atoms with van der Waals surface area (Å²) < 4.78 is 7.00. The summed E-state index contributed by atoms with van der Waals surface area (Å²) >= 11 is 0. The number of hydrogen-bond acceptors (Lipinski definition) is 2. The number of rotatable bonds is 8. The summed E-state index contributed by atoms with van der Waals surface area (Å²) in [5, 5.41) is 8.94. The first-order valence-electron chi connectivity index (χ1n) is 10.5. The van der Waals surface area contributed by atoms with Gasteiger partial charge in [-0.1, -0.05) is 41.0 Å². The van der Waals surface area contributed by atoms with Crippen LogP contribution >= 0.6 is 0 Å². The molecule has 0 amide bonds. The lowest BCUT2D eigenvalue weighted by atomic mass is 9.61. The normalized spacial score (nSPS) is 34.6. The molecule has 0 radical (unpaired) electrons. The second-order valence-corrected chi connectivity index (χ2v) is 13.5. The minimum Gasteiger partial charge on any atom is -0.414 e. The Morgan fingerprint density at radius 1 is 1.17 bits per heavy atom. The molecule has 138 valence electrons. The zero-order valence-corrected chi connectivity index (χ0v) is 17.7. The van der Waals surface area contributed by atoms with Gasteiger partial charge in [-0.25, -0.2) is 0 Å². The van der Waals surface area contributed by atoms with E-state index in [1.807, 2.05) is 0 Å². The van der Waals surface area contributed by atoms with Crippen LogP contribution in [0.1, 0.15) is 79.6 Å². The monoisotopic (exact) mass is 349 g/mol. The Hall–Kier alpha value is -0.333. The molecule has 0 aromatic rings. The molecule has 0 aromatic carbocycles. The smallest absolute Gasteiger partial charge is 0.192 e. The third kappa shape index (κ3) is 3.75. The Kier molecular flexibility index (Phi) is 6.97. The van der Waals surface area contributed by atoms with Gasteiger partial charge in [0.15, 0.2) is 8.32 Å². The maximum Gasteiger partial charge on any atom is 0.192 e. The van der Waals surface area contributed by atoms with Gasteiger partial charge in [0, 0.05) is 12.5 Å². The Morgan fingerprint density at radius 3 is 2.42 bits per heavy atom. The van der Waals surface area contributed by atoms with Gasteiger partial charge in [-0.3, -0.25) is 0 Å². The van der Waals surface area contributed by atoms with Crippen molar-refractivity contribution in [3.63, 3.8) is 0 Å². The molecular formula is C21H39NOSi. The van der Waals surface area contributed by atoms with Gasteiger partial charge in [0.1, 0.15) is 0 Å². The van der Waals surface area contributed by atoms with Crippen LogP contribution < -0.4 is 0 Å². The molecule has 0 bridgehead atoms. The van der Waals surface area contributed by atoms with Gasteiger partial charge in [-0.05, 0) is 73.4 Å². The predicted molar refractivity (Wildman–Crippen MR) is 104 cm³/mol. The van der Waals surface area contributed by atoms with E-state index in [1.54, 1.807) is 0 Å². The third-order valence-electron chi connectivity index (χ3n) is 7.87. The highest BCUT2D eigenvalue weighted by Gasteiger charge is 2.53. The Bertz CT molecular complexity index is 433. The molecule has 2 rings (SSSR count). The summed E-state index contributed by atoms with van der Waals surface area (Å²) in [6.45, 7) is 12.0. The maximum absolute atomic E-state index is 8.94. The minimum absolute atomic E-state index is 0.452. The molecule has 2 fully saturated rings. The summed E-state index contributed by atoms with van der Waals surface area (Å²) in [5.41, 5.74) is 0.452. The summed E-state index contributed by atoms with van der Waals surface area (Å²) in [5.74, 6) is 2.24. The molecule has 2 aliphatic rings. The molecule has 2 nitrogen and oxygen atoms in total. The molecule has 2 aliphatic carbocycles. The molecule has 5 atom stereocenters. The topological polar surface area (TPSA) is 33.0 Å². The number of hydrogen-bond donors (Lipinski definition) is 0. The van der Waals surface area contributed by atoms with Crippen LogP contribution in [0.5, 0.6) is 0 Å². The molecule has 0 aromatic heterocycles. The van der Waals surface area contributed by atoms with Crippen LogP contribution in [0.15, 0.2) is 0 Å². The summed E-state index contributed by atoms with van der Waals surface area (Å²) in [6.07, 6.45) is 9.01. The lowest BCUT2D eigenvalue weighted by molar-refractivity contribution is -0.0200. The van der Waals surface area contributed by atoms with Gasteiger partial charge in [0.05, 0.1) is 6.07 Å². The fourth-order valence-corrected chi connectivity index (χ4v) is 8.97. The summed E-state index contributed by atoms with van der Waals surface area (Å²) in [7, 11) is -1.51. The lowest BCUT2D eigenvalue weighted by Crippen LogP contribution is -2.48. The molecule has 0 N–H and O–H groups in total. The van der Waals surface area contributed by atoms with Gasteiger partial charge < -0.3 is 4.43 Å². The molecule has 0 saturated heterocycles. The SMILES string of the molecule is CC[Si](CC)(CC)O[C@H]1CCC[C@]2(C)[C@@H]([C@H](C)CCC#N)CC[C@@H]12. The van der Waals surface area contributed by atoms with Crippen molar-refractivity contribution in [1.82, 2.24) is 0 Å². The largest absolute Gasteiger partial charge is 0.414 e. The van der Waals surface area contributed by atoms with Gasteiger partial charge in [-0.2, -0.15) is 5.26 Å². The van der Waals surface area contributed by atoms with E-state index in [1.165, 1.54) is 50.2 Å². The zero-order chi connectivity index (χ0) is 17.8. The summed E-state index contributed by atoms with van der Waals surface area (Å²) in [6, 6.07) is 6.15. The highest BCUT2D eigenvalue weighted by Crippen LogP contribution is 2.59. The first-order chi connectivity index (χ1) is 11.5. The van der Waals surface area contributed by atoms with Gasteiger partial charge >= 0.3 is 0 Å². The quantitative estimate of drug-likeness (QED) is 0.466. The van der Waals surface area contributed by atoms with Crippen LogP contribution in [-0.2, 0) is 4.43 Å². The number of nitriles is 1. The van der Waals surface area contributed by atoms with Crippen LogP contribution in [0.3, 0.4) is 0 Å². The number of fused-ring (bicyclic) bond motifs is 1. The van der Waals surface area contributed by atoms with Gasteiger partial charge in [0.2, 0.25) is 0 Å². The molecule has 2 saturated carbocycles. The molecule has 0 unspecified atom stereocenters. The van der Waals surface area contributed by atoms with E-state index in [0.717, 1.165) is 24.7 Å². The molecule has 3 heteroatoms. The highest BCUT2D eigenvalue weighted by atomic mass is 28.4. The van der Waals surface area contributed by atoms with E-state index < -0.39 is 8.32 Å². The molecule has 0 aliphatic heterocycles. The highest BCUT2D eigenvalue weighted by molar-refractivity contribution is 6.73. The lowest BCUT2D eigenvalue weighted by Gasteiger charge is -2.48. The fourth-order valence-electron chi connectivity index (χ4n) is 6.05. The van der Waals surface area contributed by atoms with Crippen LogP contribution in [0, 0.1) is 34.5 Å². The van der Waals surface area contributed by atoms with Crippen LogP contribution in [0.4, 0.5) is 0 Å². The van der Waals surface area contributed by atoms with Crippen molar-refractivity contribution in [1.29, 1.82) is 5.26 Å². The van der Waals surface area contributed by atoms with E-state index in [0.29, 0.717) is 17.4 Å². The van der Waals surface area contributed by atoms with E-state index in [2.05, 4.69) is 40.7 Å². The average Bonchev–Trinajstić information content (AvgIpc) is 2.95. The van der Waals surface area contributed by atoms with Crippen molar-refractivity contribution in [2.45, 2.75) is 104 Å². The van der Waals surface area contributed by atoms with E-state index in [-0.39, 0.29) is 0 Å². The summed E-state index contributed by atoms with van der Waals surface area (Å²) in [4.78, 5) is 0. The second-order valence-electron chi connectivity index (χ2n) is 8.76. The van der Waals surface area contributed by atoms with Crippen molar-refractivity contribution < 1.29 is 4.43 Å². The van der Waals surface area contributed by atoms with E-state index >= 15 is 0 Å². The van der Waals surface area contributed by atoms with Crippen molar-refractivity contribution in [3.05, 3.63) is 0 Å². The van der Waals surface area contributed by atoms with Crippen LogP contribution in [0.2, 0.25) is 18.1 Å². The fraction of sp³-hybridized carbons (Fsp3) is 0.952.